The third kappa shape index (κ3) is 2.08. The number of aryl methyl sites for hydroxylation is 1. The molecule has 2 aliphatic rings. The third-order valence-corrected chi connectivity index (χ3v) is 3.94. The monoisotopic (exact) mass is 246 g/mol. The Bertz CT molecular complexity index is 461. The van der Waals surface area contributed by atoms with E-state index in [1.807, 2.05) is 12.1 Å². The standard InChI is InChI=1S/C15H18O3/c16-13-7-5-10-9-11(4-6-12(10)15(13)17)14-3-1-2-8-18-14/h4,6,9,13-14,16H,1-3,5,7-8H2. The fraction of sp³-hybridized carbons (Fsp3) is 0.533. The van der Waals surface area contributed by atoms with Gasteiger partial charge in [-0.05, 0) is 43.2 Å². The van der Waals surface area contributed by atoms with Crippen LogP contribution in [0.15, 0.2) is 18.2 Å². The number of hydrogen-bond acceptors (Lipinski definition) is 3. The Morgan fingerprint density at radius 2 is 2.11 bits per heavy atom. The molecule has 0 saturated carbocycles. The van der Waals surface area contributed by atoms with Crippen molar-refractivity contribution in [2.45, 2.75) is 44.3 Å². The average molecular weight is 246 g/mol. The van der Waals surface area contributed by atoms with Crippen molar-refractivity contribution >= 4 is 5.78 Å². The zero-order valence-corrected chi connectivity index (χ0v) is 10.4. The van der Waals surface area contributed by atoms with E-state index in [4.69, 9.17) is 4.74 Å². The quantitative estimate of drug-likeness (QED) is 0.827. The number of benzene rings is 1. The Kier molecular flexibility index (Phi) is 3.18. The minimum atomic E-state index is -0.811. The molecule has 0 aromatic heterocycles. The van der Waals surface area contributed by atoms with Gasteiger partial charge in [0.2, 0.25) is 0 Å². The summed E-state index contributed by atoms with van der Waals surface area (Å²) in [6.07, 6.45) is 4.12. The second-order valence-electron chi connectivity index (χ2n) is 5.19. The van der Waals surface area contributed by atoms with E-state index < -0.39 is 6.10 Å². The highest BCUT2D eigenvalue weighted by Gasteiger charge is 2.26. The highest BCUT2D eigenvalue weighted by molar-refractivity contribution is 6.01. The number of Topliss-reactive ketones (excluding diaryl/α,β-unsaturated/α-hetero) is 1. The molecule has 96 valence electrons. The Labute approximate surface area is 107 Å². The fourth-order valence-corrected chi connectivity index (χ4v) is 2.87. The normalized spacial score (nSPS) is 27.9. The van der Waals surface area contributed by atoms with Crippen molar-refractivity contribution in [3.05, 3.63) is 34.9 Å². The van der Waals surface area contributed by atoms with Gasteiger partial charge in [0.25, 0.3) is 0 Å². The molecule has 1 aliphatic carbocycles. The lowest BCUT2D eigenvalue weighted by molar-refractivity contribution is 0.0148. The Morgan fingerprint density at radius 1 is 1.22 bits per heavy atom. The van der Waals surface area contributed by atoms with E-state index in [9.17, 15) is 9.90 Å². The number of carbonyl (C=O) groups is 1. The van der Waals surface area contributed by atoms with E-state index in [-0.39, 0.29) is 11.9 Å². The van der Waals surface area contributed by atoms with Crippen LogP contribution in [0.25, 0.3) is 0 Å². The second-order valence-corrected chi connectivity index (χ2v) is 5.19. The maximum Gasteiger partial charge on any atom is 0.191 e. The number of aliphatic hydroxyl groups excluding tert-OH is 1. The fourth-order valence-electron chi connectivity index (χ4n) is 2.87. The molecule has 3 nitrogen and oxygen atoms in total. The Hall–Kier alpha value is -1.19. The number of carbonyl (C=O) groups excluding carboxylic acids is 1. The number of rotatable bonds is 1. The molecule has 1 aliphatic heterocycles. The molecular weight excluding hydrogens is 228 g/mol. The summed E-state index contributed by atoms with van der Waals surface area (Å²) in [5.41, 5.74) is 2.93. The second kappa shape index (κ2) is 4.82. The number of fused-ring (bicyclic) bond motifs is 1. The largest absolute Gasteiger partial charge is 0.385 e. The lowest BCUT2D eigenvalue weighted by atomic mass is 9.86. The third-order valence-electron chi connectivity index (χ3n) is 3.94. The van der Waals surface area contributed by atoms with Crippen LogP contribution in [0.3, 0.4) is 0 Å². The lowest BCUT2D eigenvalue weighted by Crippen LogP contribution is -2.27. The summed E-state index contributed by atoms with van der Waals surface area (Å²) >= 11 is 0. The van der Waals surface area contributed by atoms with E-state index in [0.717, 1.165) is 31.4 Å². The van der Waals surface area contributed by atoms with Crippen LogP contribution < -0.4 is 0 Å². The number of ketones is 1. The Morgan fingerprint density at radius 3 is 2.89 bits per heavy atom. The van der Waals surface area contributed by atoms with Crippen molar-refractivity contribution in [2.75, 3.05) is 6.61 Å². The van der Waals surface area contributed by atoms with Gasteiger partial charge in [0, 0.05) is 12.2 Å². The van der Waals surface area contributed by atoms with Gasteiger partial charge in [-0.2, -0.15) is 0 Å². The summed E-state index contributed by atoms with van der Waals surface area (Å²) < 4.78 is 5.77. The summed E-state index contributed by atoms with van der Waals surface area (Å²) in [5, 5.41) is 9.57. The molecule has 3 heteroatoms. The molecule has 0 radical (unpaired) electrons. The van der Waals surface area contributed by atoms with Crippen molar-refractivity contribution < 1.29 is 14.6 Å². The van der Waals surface area contributed by atoms with Crippen LogP contribution in [0.1, 0.15) is 53.3 Å². The van der Waals surface area contributed by atoms with Crippen LogP contribution in [-0.4, -0.2) is 23.6 Å². The molecule has 2 atom stereocenters. The van der Waals surface area contributed by atoms with Crippen LogP contribution >= 0.6 is 0 Å². The van der Waals surface area contributed by atoms with E-state index in [2.05, 4.69) is 6.07 Å². The van der Waals surface area contributed by atoms with Crippen molar-refractivity contribution in [3.63, 3.8) is 0 Å². The number of ether oxygens (including phenoxy) is 1. The van der Waals surface area contributed by atoms with Crippen LogP contribution in [0.4, 0.5) is 0 Å². The minimum Gasteiger partial charge on any atom is -0.385 e. The van der Waals surface area contributed by atoms with E-state index in [1.165, 1.54) is 12.0 Å². The van der Waals surface area contributed by atoms with Crippen molar-refractivity contribution in [1.82, 2.24) is 0 Å². The van der Waals surface area contributed by atoms with Gasteiger partial charge in [-0.3, -0.25) is 4.79 Å². The van der Waals surface area contributed by atoms with Gasteiger partial charge in [-0.25, -0.2) is 0 Å². The molecule has 1 N–H and O–H groups in total. The highest BCUT2D eigenvalue weighted by Crippen LogP contribution is 2.31. The molecule has 1 fully saturated rings. The maximum atomic E-state index is 11.8. The molecule has 0 bridgehead atoms. The van der Waals surface area contributed by atoms with Crippen molar-refractivity contribution in [2.24, 2.45) is 0 Å². The molecule has 1 aromatic rings. The summed E-state index contributed by atoms with van der Waals surface area (Å²) in [7, 11) is 0. The zero-order chi connectivity index (χ0) is 12.5. The average Bonchev–Trinajstić information content (AvgIpc) is 2.44. The molecule has 0 amide bonds. The smallest absolute Gasteiger partial charge is 0.191 e. The summed E-state index contributed by atoms with van der Waals surface area (Å²) in [5.74, 6) is -0.132. The number of aliphatic hydroxyl groups is 1. The van der Waals surface area contributed by atoms with Crippen LogP contribution in [0.5, 0.6) is 0 Å². The van der Waals surface area contributed by atoms with Crippen LogP contribution in [0, 0.1) is 0 Å². The van der Waals surface area contributed by atoms with Gasteiger partial charge >= 0.3 is 0 Å². The minimum absolute atomic E-state index is 0.132. The first-order valence-corrected chi connectivity index (χ1v) is 6.72. The molecule has 18 heavy (non-hydrogen) atoms. The first-order chi connectivity index (χ1) is 8.75. The van der Waals surface area contributed by atoms with E-state index in [1.54, 1.807) is 0 Å². The first-order valence-electron chi connectivity index (χ1n) is 6.72. The summed E-state index contributed by atoms with van der Waals surface area (Å²) in [6, 6.07) is 5.92. The summed E-state index contributed by atoms with van der Waals surface area (Å²) in [4.78, 5) is 11.8. The van der Waals surface area contributed by atoms with Gasteiger partial charge in [-0.1, -0.05) is 18.2 Å². The molecule has 3 rings (SSSR count). The molecular formula is C15H18O3. The van der Waals surface area contributed by atoms with Crippen molar-refractivity contribution in [1.29, 1.82) is 0 Å². The maximum absolute atomic E-state index is 11.8. The Balaban J connectivity index is 1.89. The molecule has 1 saturated heterocycles. The number of hydrogen-bond donors (Lipinski definition) is 1. The van der Waals surface area contributed by atoms with Gasteiger partial charge < -0.3 is 9.84 Å². The highest BCUT2D eigenvalue weighted by atomic mass is 16.5. The SMILES string of the molecule is O=C1c2ccc(C3CCCCO3)cc2CCC1O. The predicted octanol–water partition coefficient (Wildman–Crippen LogP) is 2.42. The molecule has 1 heterocycles. The zero-order valence-electron chi connectivity index (χ0n) is 10.4. The van der Waals surface area contributed by atoms with Crippen molar-refractivity contribution in [3.8, 4) is 0 Å². The molecule has 0 spiro atoms. The first kappa shape index (κ1) is 11.9. The predicted molar refractivity (Wildman–Crippen MR) is 67.6 cm³/mol. The summed E-state index contributed by atoms with van der Waals surface area (Å²) in [6.45, 7) is 0.833. The van der Waals surface area contributed by atoms with Gasteiger partial charge in [-0.15, -0.1) is 0 Å². The van der Waals surface area contributed by atoms with Gasteiger partial charge in [0.05, 0.1) is 6.10 Å². The molecule has 1 aromatic carbocycles. The topological polar surface area (TPSA) is 46.5 Å². The van der Waals surface area contributed by atoms with Crippen LogP contribution in [0.2, 0.25) is 0 Å². The van der Waals surface area contributed by atoms with E-state index >= 15 is 0 Å². The van der Waals surface area contributed by atoms with Gasteiger partial charge in [0.1, 0.15) is 6.10 Å². The van der Waals surface area contributed by atoms with Crippen LogP contribution in [-0.2, 0) is 11.2 Å². The molecule has 2 unspecified atom stereocenters. The lowest BCUT2D eigenvalue weighted by Gasteiger charge is -2.25. The van der Waals surface area contributed by atoms with Gasteiger partial charge in [0.15, 0.2) is 5.78 Å². The van der Waals surface area contributed by atoms with E-state index in [0.29, 0.717) is 12.0 Å².